The summed E-state index contributed by atoms with van der Waals surface area (Å²) in [6, 6.07) is 7.60. The van der Waals surface area contributed by atoms with E-state index in [1.165, 1.54) is 0 Å². The highest BCUT2D eigenvalue weighted by Crippen LogP contribution is 2.34. The van der Waals surface area contributed by atoms with Crippen molar-refractivity contribution in [2.45, 2.75) is 45.8 Å². The van der Waals surface area contributed by atoms with E-state index < -0.39 is 0 Å². The summed E-state index contributed by atoms with van der Waals surface area (Å²) in [6.45, 7) is 9.65. The van der Waals surface area contributed by atoms with E-state index in [9.17, 15) is 9.59 Å². The third kappa shape index (κ3) is 4.36. The molecule has 4 rings (SSSR count). The van der Waals surface area contributed by atoms with Crippen LogP contribution in [0.2, 0.25) is 0 Å². The molecule has 0 N–H and O–H groups in total. The molecule has 164 valence electrons. The van der Waals surface area contributed by atoms with Crippen LogP contribution in [0.15, 0.2) is 34.2 Å². The number of hydrogen-bond acceptors (Lipinski definition) is 6. The molecule has 0 fully saturated rings. The van der Waals surface area contributed by atoms with Gasteiger partial charge in [0.25, 0.3) is 5.56 Å². The van der Waals surface area contributed by atoms with Gasteiger partial charge in [-0.25, -0.2) is 4.98 Å². The fourth-order valence-corrected chi connectivity index (χ4v) is 5.96. The smallest absolute Gasteiger partial charge is 0.267 e. The zero-order chi connectivity index (χ0) is 22.1. The Labute approximate surface area is 190 Å². The third-order valence-electron chi connectivity index (χ3n) is 5.24. The van der Waals surface area contributed by atoms with Gasteiger partial charge < -0.3 is 9.64 Å². The molecule has 0 saturated carbocycles. The van der Waals surface area contributed by atoms with E-state index in [-0.39, 0.29) is 11.5 Å². The number of rotatable bonds is 6. The topological polar surface area (TPSA) is 64.4 Å². The van der Waals surface area contributed by atoms with Crippen LogP contribution in [0.3, 0.4) is 0 Å². The van der Waals surface area contributed by atoms with Crippen molar-refractivity contribution in [1.29, 1.82) is 0 Å². The molecule has 0 saturated heterocycles. The monoisotopic (exact) mass is 457 g/mol. The van der Waals surface area contributed by atoms with Gasteiger partial charge in [0.05, 0.1) is 24.2 Å². The molecule has 0 aliphatic carbocycles. The van der Waals surface area contributed by atoms with Gasteiger partial charge in [0.2, 0.25) is 5.91 Å². The van der Waals surface area contributed by atoms with Gasteiger partial charge in [0.15, 0.2) is 5.16 Å². The van der Waals surface area contributed by atoms with E-state index in [2.05, 4.69) is 13.8 Å². The first-order valence-electron chi connectivity index (χ1n) is 10.6. The molecule has 1 aliphatic heterocycles. The molecule has 0 atom stereocenters. The Kier molecular flexibility index (Phi) is 6.39. The summed E-state index contributed by atoms with van der Waals surface area (Å²) >= 11 is 3.15. The zero-order valence-electron chi connectivity index (χ0n) is 18.3. The second-order valence-corrected chi connectivity index (χ2v) is 10.1. The first-order chi connectivity index (χ1) is 14.9. The van der Waals surface area contributed by atoms with Gasteiger partial charge in [0, 0.05) is 24.1 Å². The summed E-state index contributed by atoms with van der Waals surface area (Å²) in [6.07, 6.45) is 0.688. The van der Waals surface area contributed by atoms with Gasteiger partial charge >= 0.3 is 0 Å². The van der Waals surface area contributed by atoms with Crippen LogP contribution in [0.5, 0.6) is 5.75 Å². The Balaban J connectivity index is 1.86. The molecule has 0 bridgehead atoms. The fourth-order valence-electron chi connectivity index (χ4n) is 3.72. The summed E-state index contributed by atoms with van der Waals surface area (Å²) in [5.74, 6) is 2.20. The number of thioether (sulfide) groups is 1. The minimum Gasteiger partial charge on any atom is -0.494 e. The number of carbonyl (C=O) groups excluding carboxylic acids is 1. The van der Waals surface area contributed by atoms with E-state index in [0.29, 0.717) is 42.6 Å². The molecule has 1 amide bonds. The molecule has 0 spiro atoms. The highest BCUT2D eigenvalue weighted by atomic mass is 32.2. The third-order valence-corrected chi connectivity index (χ3v) is 7.72. The summed E-state index contributed by atoms with van der Waals surface area (Å²) < 4.78 is 7.29. The number of nitrogens with zero attached hydrogens (tertiary/aromatic N) is 3. The Morgan fingerprint density at radius 3 is 2.68 bits per heavy atom. The summed E-state index contributed by atoms with van der Waals surface area (Å²) in [4.78, 5) is 34.2. The largest absolute Gasteiger partial charge is 0.494 e. The van der Waals surface area contributed by atoms with Crippen LogP contribution in [0.1, 0.15) is 38.1 Å². The van der Waals surface area contributed by atoms with Crippen LogP contribution in [0, 0.1) is 5.92 Å². The molecule has 31 heavy (non-hydrogen) atoms. The second-order valence-electron chi connectivity index (χ2n) is 8.04. The highest BCUT2D eigenvalue weighted by Gasteiger charge is 2.26. The summed E-state index contributed by atoms with van der Waals surface area (Å²) in [7, 11) is 0. The van der Waals surface area contributed by atoms with Gasteiger partial charge in [0.1, 0.15) is 10.6 Å². The van der Waals surface area contributed by atoms with E-state index in [1.807, 2.05) is 36.1 Å². The maximum atomic E-state index is 13.8. The SMILES string of the molecule is CCOc1ccc(-n2c(SCC(C)C)nc3sc4c(c3c2=O)CCN(C(C)=O)C4)cc1. The minimum absolute atomic E-state index is 0.0332. The van der Waals surface area contributed by atoms with Crippen molar-refractivity contribution in [1.82, 2.24) is 14.5 Å². The Hall–Kier alpha value is -2.32. The average Bonchev–Trinajstić information content (AvgIpc) is 3.11. The van der Waals surface area contributed by atoms with Crippen LogP contribution in [-0.2, 0) is 17.8 Å². The van der Waals surface area contributed by atoms with E-state index in [4.69, 9.17) is 9.72 Å². The van der Waals surface area contributed by atoms with E-state index >= 15 is 0 Å². The molecule has 6 nitrogen and oxygen atoms in total. The van der Waals surface area contributed by atoms with Crippen molar-refractivity contribution in [2.75, 3.05) is 18.9 Å². The lowest BCUT2D eigenvalue weighted by atomic mass is 10.1. The standard InChI is InChI=1S/C23H27N3O3S2/c1-5-29-17-8-6-16(7-9-17)26-22(28)20-18-10-11-25(15(4)27)12-19(18)31-21(20)24-23(26)30-13-14(2)3/h6-9,14H,5,10-13H2,1-4H3. The predicted molar refractivity (Wildman–Crippen MR) is 127 cm³/mol. The van der Waals surface area contributed by atoms with Crippen molar-refractivity contribution in [3.05, 3.63) is 45.1 Å². The number of carbonyl (C=O) groups is 1. The number of hydrogen-bond donors (Lipinski definition) is 0. The predicted octanol–water partition coefficient (Wildman–Crippen LogP) is 4.50. The van der Waals surface area contributed by atoms with Crippen LogP contribution in [-0.4, -0.2) is 39.3 Å². The van der Waals surface area contributed by atoms with Crippen LogP contribution in [0.4, 0.5) is 0 Å². The molecule has 3 aromatic rings. The van der Waals surface area contributed by atoms with Gasteiger partial charge in [-0.05, 0) is 49.1 Å². The summed E-state index contributed by atoms with van der Waals surface area (Å²) in [5.41, 5.74) is 1.81. The maximum absolute atomic E-state index is 13.8. The molecule has 1 aromatic carbocycles. The van der Waals surface area contributed by atoms with Gasteiger partial charge in [-0.2, -0.15) is 0 Å². The molecule has 1 aliphatic rings. The lowest BCUT2D eigenvalue weighted by Crippen LogP contribution is -2.34. The molecule has 0 radical (unpaired) electrons. The second kappa shape index (κ2) is 9.04. The zero-order valence-corrected chi connectivity index (χ0v) is 19.9. The Morgan fingerprint density at radius 2 is 2.03 bits per heavy atom. The number of ether oxygens (including phenoxy) is 1. The van der Waals surface area contributed by atoms with Gasteiger partial charge in [-0.15, -0.1) is 11.3 Å². The molecular weight excluding hydrogens is 430 g/mol. The van der Waals surface area contributed by atoms with Crippen LogP contribution >= 0.6 is 23.1 Å². The first-order valence-corrected chi connectivity index (χ1v) is 12.4. The Morgan fingerprint density at radius 1 is 1.29 bits per heavy atom. The number of aromatic nitrogens is 2. The van der Waals surface area contributed by atoms with Crippen molar-refractivity contribution in [3.8, 4) is 11.4 Å². The van der Waals surface area contributed by atoms with E-state index in [1.54, 1.807) is 34.6 Å². The molecule has 8 heteroatoms. The average molecular weight is 458 g/mol. The number of amides is 1. The van der Waals surface area contributed by atoms with Crippen LogP contribution in [0.25, 0.3) is 15.9 Å². The number of fused-ring (bicyclic) bond motifs is 3. The number of benzene rings is 1. The lowest BCUT2D eigenvalue weighted by molar-refractivity contribution is -0.129. The van der Waals surface area contributed by atoms with Gasteiger partial charge in [-0.1, -0.05) is 25.6 Å². The highest BCUT2D eigenvalue weighted by molar-refractivity contribution is 7.99. The van der Waals surface area contributed by atoms with Crippen molar-refractivity contribution >= 4 is 39.2 Å². The van der Waals surface area contributed by atoms with E-state index in [0.717, 1.165) is 32.5 Å². The molecule has 3 heterocycles. The van der Waals surface area contributed by atoms with Gasteiger partial charge in [-0.3, -0.25) is 14.2 Å². The fraction of sp³-hybridized carbons (Fsp3) is 0.435. The normalized spacial score (nSPS) is 13.6. The van der Waals surface area contributed by atoms with Crippen molar-refractivity contribution in [2.24, 2.45) is 5.92 Å². The van der Waals surface area contributed by atoms with Crippen LogP contribution < -0.4 is 10.3 Å². The minimum atomic E-state index is -0.0332. The molecular formula is C23H27N3O3S2. The Bertz CT molecular complexity index is 1170. The first kappa shape index (κ1) is 21.9. The molecule has 2 aromatic heterocycles. The molecule has 0 unspecified atom stereocenters. The van der Waals surface area contributed by atoms with Crippen molar-refractivity contribution < 1.29 is 9.53 Å². The quantitative estimate of drug-likeness (QED) is 0.403. The number of thiophene rings is 1. The van der Waals surface area contributed by atoms with Crippen molar-refractivity contribution in [3.63, 3.8) is 0 Å². The lowest BCUT2D eigenvalue weighted by Gasteiger charge is -2.25. The summed E-state index contributed by atoms with van der Waals surface area (Å²) in [5, 5.41) is 1.41. The maximum Gasteiger partial charge on any atom is 0.267 e.